The van der Waals surface area contributed by atoms with Gasteiger partial charge in [-0.3, -0.25) is 4.79 Å². The molecular weight excluding hydrogens is 224 g/mol. The second-order valence-corrected chi connectivity index (χ2v) is 5.13. The number of hydrogen-bond acceptors (Lipinski definition) is 2. The van der Waals surface area contributed by atoms with Crippen LogP contribution in [0.5, 0.6) is 5.75 Å². The van der Waals surface area contributed by atoms with E-state index in [4.69, 9.17) is 4.74 Å². The second-order valence-electron chi connectivity index (χ2n) is 5.13. The molecule has 0 aromatic heterocycles. The number of hydrogen-bond donors (Lipinski definition) is 0. The van der Waals surface area contributed by atoms with Crippen LogP contribution < -0.4 is 4.74 Å². The van der Waals surface area contributed by atoms with Crippen LogP contribution in [-0.2, 0) is 4.79 Å². The van der Waals surface area contributed by atoms with Gasteiger partial charge in [-0.15, -0.1) is 0 Å². The smallest absolute Gasteiger partial charge is 0.311 e. The largest absolute Gasteiger partial charge is 0.427 e. The van der Waals surface area contributed by atoms with Gasteiger partial charge in [-0.2, -0.15) is 0 Å². The Bertz CT molecular complexity index is 375. The lowest BCUT2D eigenvalue weighted by atomic mass is 9.84. The zero-order valence-electron chi connectivity index (χ0n) is 11.2. The molecular formula is C16H22O2. The molecule has 1 aromatic rings. The highest BCUT2D eigenvalue weighted by molar-refractivity contribution is 5.72. The number of benzene rings is 1. The minimum atomic E-state index is -0.136. The van der Waals surface area contributed by atoms with E-state index in [2.05, 4.69) is 12.1 Å². The zero-order chi connectivity index (χ0) is 12.8. The predicted molar refractivity (Wildman–Crippen MR) is 72.8 cm³/mol. The van der Waals surface area contributed by atoms with Crippen molar-refractivity contribution in [3.05, 3.63) is 29.8 Å². The topological polar surface area (TPSA) is 26.3 Å². The molecule has 0 aliphatic heterocycles. The first-order chi connectivity index (χ1) is 8.79. The average Bonchev–Trinajstić information content (AvgIpc) is 2.41. The van der Waals surface area contributed by atoms with Crippen LogP contribution >= 0.6 is 0 Å². The van der Waals surface area contributed by atoms with Crippen LogP contribution in [0.25, 0.3) is 0 Å². The molecule has 1 aromatic carbocycles. The van der Waals surface area contributed by atoms with Gasteiger partial charge in [0.25, 0.3) is 0 Å². The Hall–Kier alpha value is -1.31. The molecule has 1 aliphatic rings. The molecule has 0 saturated heterocycles. The average molecular weight is 246 g/mol. The van der Waals surface area contributed by atoms with E-state index in [1.807, 2.05) is 19.1 Å². The summed E-state index contributed by atoms with van der Waals surface area (Å²) >= 11 is 0. The van der Waals surface area contributed by atoms with Gasteiger partial charge in [0, 0.05) is 6.42 Å². The maximum atomic E-state index is 11.4. The number of esters is 1. The summed E-state index contributed by atoms with van der Waals surface area (Å²) in [5.74, 6) is 1.25. The van der Waals surface area contributed by atoms with E-state index < -0.39 is 0 Å². The Balaban J connectivity index is 1.94. The Labute approximate surface area is 109 Å². The molecule has 2 rings (SSSR count). The Morgan fingerprint density at radius 3 is 2.44 bits per heavy atom. The number of rotatable bonds is 4. The third-order valence-corrected chi connectivity index (χ3v) is 3.64. The summed E-state index contributed by atoms with van der Waals surface area (Å²) in [6.07, 6.45) is 7.99. The monoisotopic (exact) mass is 246 g/mol. The number of carbonyl (C=O) groups is 1. The normalized spacial score (nSPS) is 16.5. The van der Waals surface area contributed by atoms with E-state index in [-0.39, 0.29) is 5.97 Å². The van der Waals surface area contributed by atoms with Gasteiger partial charge in [-0.25, -0.2) is 0 Å². The van der Waals surface area contributed by atoms with E-state index in [1.54, 1.807) is 0 Å². The van der Waals surface area contributed by atoms with Gasteiger partial charge in [0.05, 0.1) is 0 Å². The molecule has 0 heterocycles. The van der Waals surface area contributed by atoms with E-state index >= 15 is 0 Å². The Kier molecular flexibility index (Phi) is 4.80. The lowest BCUT2D eigenvalue weighted by molar-refractivity contribution is -0.134. The summed E-state index contributed by atoms with van der Waals surface area (Å²) in [5, 5.41) is 0. The molecule has 1 fully saturated rings. The van der Waals surface area contributed by atoms with E-state index in [0.29, 0.717) is 18.1 Å². The molecule has 2 heteroatoms. The predicted octanol–water partition coefficient (Wildman–Crippen LogP) is 4.44. The van der Waals surface area contributed by atoms with Crippen molar-refractivity contribution in [2.24, 2.45) is 0 Å². The Morgan fingerprint density at radius 2 is 1.83 bits per heavy atom. The summed E-state index contributed by atoms with van der Waals surface area (Å²) < 4.78 is 5.26. The zero-order valence-corrected chi connectivity index (χ0v) is 11.2. The molecule has 0 unspecified atom stereocenters. The second kappa shape index (κ2) is 6.58. The minimum absolute atomic E-state index is 0.136. The van der Waals surface area contributed by atoms with E-state index in [0.717, 1.165) is 6.42 Å². The molecule has 0 spiro atoms. The fourth-order valence-electron chi connectivity index (χ4n) is 2.63. The van der Waals surface area contributed by atoms with Gasteiger partial charge >= 0.3 is 5.97 Å². The van der Waals surface area contributed by atoms with E-state index in [1.165, 1.54) is 37.7 Å². The maximum Gasteiger partial charge on any atom is 0.311 e. The van der Waals surface area contributed by atoms with E-state index in [9.17, 15) is 4.79 Å². The van der Waals surface area contributed by atoms with Crippen LogP contribution in [0.15, 0.2) is 24.3 Å². The Morgan fingerprint density at radius 1 is 1.17 bits per heavy atom. The van der Waals surface area contributed by atoms with Crippen LogP contribution in [0.1, 0.15) is 63.4 Å². The molecule has 0 N–H and O–H groups in total. The fourth-order valence-corrected chi connectivity index (χ4v) is 2.63. The van der Waals surface area contributed by atoms with Crippen LogP contribution in [-0.4, -0.2) is 5.97 Å². The highest BCUT2D eigenvalue weighted by atomic mass is 16.5. The molecule has 0 bridgehead atoms. The number of ether oxygens (including phenoxy) is 1. The molecule has 2 nitrogen and oxygen atoms in total. The molecule has 1 aliphatic carbocycles. The third-order valence-electron chi connectivity index (χ3n) is 3.64. The summed E-state index contributed by atoms with van der Waals surface area (Å²) in [6, 6.07) is 8.09. The summed E-state index contributed by atoms with van der Waals surface area (Å²) in [4.78, 5) is 11.4. The first kappa shape index (κ1) is 13.1. The van der Waals surface area contributed by atoms with Crippen molar-refractivity contribution >= 4 is 5.97 Å². The van der Waals surface area contributed by atoms with Crippen molar-refractivity contribution in [2.45, 2.75) is 57.8 Å². The fraction of sp³-hybridized carbons (Fsp3) is 0.562. The van der Waals surface area contributed by atoms with Crippen molar-refractivity contribution in [3.63, 3.8) is 0 Å². The molecule has 0 amide bonds. The van der Waals surface area contributed by atoms with Gasteiger partial charge in [0.15, 0.2) is 0 Å². The van der Waals surface area contributed by atoms with Gasteiger partial charge < -0.3 is 4.74 Å². The lowest BCUT2D eigenvalue weighted by Crippen LogP contribution is -2.07. The molecule has 0 atom stereocenters. The first-order valence-corrected chi connectivity index (χ1v) is 7.10. The van der Waals surface area contributed by atoms with Crippen LogP contribution in [0.3, 0.4) is 0 Å². The summed E-state index contributed by atoms with van der Waals surface area (Å²) in [7, 11) is 0. The maximum absolute atomic E-state index is 11.4. The highest BCUT2D eigenvalue weighted by Crippen LogP contribution is 2.33. The SMILES string of the molecule is CCCC(=O)Oc1ccc(C2CCCCC2)cc1. The minimum Gasteiger partial charge on any atom is -0.427 e. The summed E-state index contributed by atoms with van der Waals surface area (Å²) in [5.41, 5.74) is 1.39. The van der Waals surface area contributed by atoms with Crippen molar-refractivity contribution < 1.29 is 9.53 Å². The van der Waals surface area contributed by atoms with Gasteiger partial charge in [0.2, 0.25) is 0 Å². The van der Waals surface area contributed by atoms with Gasteiger partial charge in [-0.1, -0.05) is 38.3 Å². The standard InChI is InChI=1S/C16H22O2/c1-2-6-16(17)18-15-11-9-14(10-12-15)13-7-4-3-5-8-13/h9-13H,2-8H2,1H3. The van der Waals surface area contributed by atoms with Crippen molar-refractivity contribution in [1.82, 2.24) is 0 Å². The highest BCUT2D eigenvalue weighted by Gasteiger charge is 2.15. The third kappa shape index (κ3) is 3.59. The quantitative estimate of drug-likeness (QED) is 0.580. The molecule has 0 radical (unpaired) electrons. The lowest BCUT2D eigenvalue weighted by Gasteiger charge is -2.22. The van der Waals surface area contributed by atoms with Crippen molar-refractivity contribution in [2.75, 3.05) is 0 Å². The number of carbonyl (C=O) groups excluding carboxylic acids is 1. The van der Waals surface area contributed by atoms with Crippen molar-refractivity contribution in [1.29, 1.82) is 0 Å². The van der Waals surface area contributed by atoms with Crippen molar-refractivity contribution in [3.8, 4) is 5.75 Å². The molecule has 1 saturated carbocycles. The molecule has 98 valence electrons. The first-order valence-electron chi connectivity index (χ1n) is 7.10. The van der Waals surface area contributed by atoms with Crippen LogP contribution in [0.2, 0.25) is 0 Å². The van der Waals surface area contributed by atoms with Gasteiger partial charge in [0.1, 0.15) is 5.75 Å². The van der Waals surface area contributed by atoms with Gasteiger partial charge in [-0.05, 0) is 42.9 Å². The van der Waals surface area contributed by atoms with Crippen LogP contribution in [0.4, 0.5) is 0 Å². The molecule has 18 heavy (non-hydrogen) atoms. The van der Waals surface area contributed by atoms with Crippen LogP contribution in [0, 0.1) is 0 Å². The summed E-state index contributed by atoms with van der Waals surface area (Å²) in [6.45, 7) is 1.98.